The van der Waals surface area contributed by atoms with Gasteiger partial charge in [-0.3, -0.25) is 9.59 Å². The number of benzene rings is 2. The van der Waals surface area contributed by atoms with Crippen LogP contribution in [0.4, 0.5) is 10.8 Å². The number of carbonyl (C=O) groups is 2. The minimum Gasteiger partial charge on any atom is -0.326 e. The van der Waals surface area contributed by atoms with Crippen molar-refractivity contribution in [2.45, 2.75) is 13.3 Å². The van der Waals surface area contributed by atoms with Gasteiger partial charge in [0.1, 0.15) is 0 Å². The lowest BCUT2D eigenvalue weighted by Crippen LogP contribution is -2.14. The number of aromatic nitrogens is 1. The van der Waals surface area contributed by atoms with E-state index in [0.717, 1.165) is 16.8 Å². The van der Waals surface area contributed by atoms with Crippen LogP contribution in [0.2, 0.25) is 0 Å². The van der Waals surface area contributed by atoms with Crippen molar-refractivity contribution in [3.63, 3.8) is 0 Å². The molecule has 0 saturated heterocycles. The van der Waals surface area contributed by atoms with Crippen molar-refractivity contribution in [1.29, 1.82) is 0 Å². The molecule has 0 unspecified atom stereocenters. The number of hydrogen-bond donors (Lipinski definition) is 2. The summed E-state index contributed by atoms with van der Waals surface area (Å²) in [6.45, 7) is 1.46. The second kappa shape index (κ2) is 7.72. The summed E-state index contributed by atoms with van der Waals surface area (Å²) in [4.78, 5) is 27.6. The summed E-state index contributed by atoms with van der Waals surface area (Å²) in [5, 5.41) is 8.03. The number of anilines is 2. The zero-order chi connectivity index (χ0) is 17.6. The van der Waals surface area contributed by atoms with Crippen LogP contribution in [0, 0.1) is 0 Å². The zero-order valence-electron chi connectivity index (χ0n) is 13.7. The molecule has 0 radical (unpaired) electrons. The highest BCUT2D eigenvalue weighted by Gasteiger charge is 2.09. The molecule has 6 heteroatoms. The van der Waals surface area contributed by atoms with Crippen LogP contribution >= 0.6 is 11.3 Å². The number of amides is 2. The van der Waals surface area contributed by atoms with Crippen molar-refractivity contribution in [2.75, 3.05) is 10.6 Å². The molecule has 0 fully saturated rings. The van der Waals surface area contributed by atoms with E-state index in [4.69, 9.17) is 0 Å². The highest BCUT2D eigenvalue weighted by atomic mass is 32.1. The number of thiazole rings is 1. The molecule has 5 nitrogen and oxygen atoms in total. The molecule has 3 aromatic rings. The summed E-state index contributed by atoms with van der Waals surface area (Å²) in [5.74, 6) is -0.246. The zero-order valence-corrected chi connectivity index (χ0v) is 14.5. The first-order valence-corrected chi connectivity index (χ1v) is 8.65. The average molecular weight is 351 g/mol. The molecule has 0 bridgehead atoms. The molecule has 2 amide bonds. The van der Waals surface area contributed by atoms with Gasteiger partial charge in [-0.15, -0.1) is 11.3 Å². The number of nitrogens with zero attached hydrogens (tertiary/aromatic N) is 1. The summed E-state index contributed by atoms with van der Waals surface area (Å²) in [6.07, 6.45) is 0.251. The molecule has 0 atom stereocenters. The first-order valence-electron chi connectivity index (χ1n) is 7.77. The van der Waals surface area contributed by atoms with Crippen molar-refractivity contribution in [3.8, 4) is 11.3 Å². The van der Waals surface area contributed by atoms with Crippen LogP contribution in [0.5, 0.6) is 0 Å². The molecule has 1 aromatic heterocycles. The fourth-order valence-corrected chi connectivity index (χ4v) is 3.07. The van der Waals surface area contributed by atoms with E-state index in [2.05, 4.69) is 15.6 Å². The first-order chi connectivity index (χ1) is 12.1. The normalized spacial score (nSPS) is 10.3. The van der Waals surface area contributed by atoms with Crippen molar-refractivity contribution in [3.05, 3.63) is 65.5 Å². The minimum absolute atomic E-state index is 0.122. The second-order valence-electron chi connectivity index (χ2n) is 5.51. The van der Waals surface area contributed by atoms with Gasteiger partial charge >= 0.3 is 0 Å². The molecule has 3 rings (SSSR count). The molecule has 0 saturated carbocycles. The Morgan fingerprint density at radius 3 is 2.40 bits per heavy atom. The van der Waals surface area contributed by atoms with Crippen LogP contribution in [0.1, 0.15) is 12.5 Å². The third kappa shape index (κ3) is 4.74. The van der Waals surface area contributed by atoms with Crippen molar-refractivity contribution >= 4 is 34.0 Å². The van der Waals surface area contributed by atoms with Gasteiger partial charge in [-0.2, -0.15) is 0 Å². The molecule has 2 aromatic carbocycles. The lowest BCUT2D eigenvalue weighted by atomic mass is 10.1. The molecule has 25 heavy (non-hydrogen) atoms. The highest BCUT2D eigenvalue weighted by molar-refractivity contribution is 7.14. The summed E-state index contributed by atoms with van der Waals surface area (Å²) < 4.78 is 0. The van der Waals surface area contributed by atoms with E-state index in [-0.39, 0.29) is 18.2 Å². The Hall–Kier alpha value is -2.99. The average Bonchev–Trinajstić information content (AvgIpc) is 3.05. The topological polar surface area (TPSA) is 71.1 Å². The van der Waals surface area contributed by atoms with E-state index in [0.29, 0.717) is 10.8 Å². The van der Waals surface area contributed by atoms with Crippen LogP contribution in [0.25, 0.3) is 11.3 Å². The van der Waals surface area contributed by atoms with E-state index >= 15 is 0 Å². The van der Waals surface area contributed by atoms with Gasteiger partial charge < -0.3 is 10.6 Å². The molecule has 0 aliphatic carbocycles. The third-order valence-electron chi connectivity index (χ3n) is 3.46. The third-order valence-corrected chi connectivity index (χ3v) is 4.22. The van der Waals surface area contributed by atoms with Crippen LogP contribution in [0.15, 0.2) is 60.0 Å². The van der Waals surface area contributed by atoms with E-state index in [9.17, 15) is 9.59 Å². The van der Waals surface area contributed by atoms with Gasteiger partial charge in [0.25, 0.3) is 0 Å². The largest absolute Gasteiger partial charge is 0.326 e. The van der Waals surface area contributed by atoms with E-state index in [1.807, 2.05) is 47.8 Å². The van der Waals surface area contributed by atoms with Crippen LogP contribution in [-0.4, -0.2) is 16.8 Å². The second-order valence-corrected chi connectivity index (χ2v) is 6.37. The van der Waals surface area contributed by atoms with Crippen molar-refractivity contribution in [2.24, 2.45) is 0 Å². The maximum absolute atomic E-state index is 12.2. The predicted molar refractivity (Wildman–Crippen MR) is 101 cm³/mol. The maximum atomic E-state index is 12.2. The maximum Gasteiger partial charge on any atom is 0.230 e. The SMILES string of the molecule is CC(=O)Nc1ccc(CC(=O)Nc2nc(-c3ccccc3)cs2)cc1. The molecule has 1 heterocycles. The van der Waals surface area contributed by atoms with Gasteiger partial charge in [0.2, 0.25) is 11.8 Å². The molecule has 0 spiro atoms. The number of hydrogen-bond acceptors (Lipinski definition) is 4. The molecule has 0 aliphatic heterocycles. The summed E-state index contributed by atoms with van der Waals surface area (Å²) in [7, 11) is 0. The Morgan fingerprint density at radius 2 is 1.72 bits per heavy atom. The number of rotatable bonds is 5. The van der Waals surface area contributed by atoms with Gasteiger partial charge in [0.15, 0.2) is 5.13 Å². The highest BCUT2D eigenvalue weighted by Crippen LogP contribution is 2.24. The Kier molecular flexibility index (Phi) is 5.20. The van der Waals surface area contributed by atoms with Crippen LogP contribution in [-0.2, 0) is 16.0 Å². The fourth-order valence-electron chi connectivity index (χ4n) is 2.33. The molecular weight excluding hydrogens is 334 g/mol. The fraction of sp³-hybridized carbons (Fsp3) is 0.105. The van der Waals surface area contributed by atoms with E-state index < -0.39 is 0 Å². The first kappa shape index (κ1) is 16.9. The Bertz CT molecular complexity index is 873. The Labute approximate surface area is 149 Å². The monoisotopic (exact) mass is 351 g/mol. The molecule has 126 valence electrons. The molecular formula is C19H17N3O2S. The molecule has 0 aliphatic rings. The van der Waals surface area contributed by atoms with Gasteiger partial charge in [-0.1, -0.05) is 42.5 Å². The summed E-state index contributed by atoms with van der Waals surface area (Å²) >= 11 is 1.40. The van der Waals surface area contributed by atoms with Gasteiger partial charge in [-0.25, -0.2) is 4.98 Å². The van der Waals surface area contributed by atoms with Crippen LogP contribution < -0.4 is 10.6 Å². The smallest absolute Gasteiger partial charge is 0.230 e. The molecule has 2 N–H and O–H groups in total. The number of carbonyl (C=O) groups excluding carboxylic acids is 2. The van der Waals surface area contributed by atoms with Crippen LogP contribution in [0.3, 0.4) is 0 Å². The van der Waals surface area contributed by atoms with E-state index in [1.165, 1.54) is 18.3 Å². The lowest BCUT2D eigenvalue weighted by molar-refractivity contribution is -0.116. The quantitative estimate of drug-likeness (QED) is 0.731. The Morgan fingerprint density at radius 1 is 1.00 bits per heavy atom. The van der Waals surface area contributed by atoms with Gasteiger partial charge in [0, 0.05) is 23.6 Å². The number of nitrogens with one attached hydrogen (secondary N) is 2. The van der Waals surface area contributed by atoms with Crippen molar-refractivity contribution < 1.29 is 9.59 Å². The predicted octanol–water partition coefficient (Wildman–Crippen LogP) is 3.95. The van der Waals surface area contributed by atoms with E-state index in [1.54, 1.807) is 12.1 Å². The minimum atomic E-state index is -0.124. The lowest BCUT2D eigenvalue weighted by Gasteiger charge is -2.05. The van der Waals surface area contributed by atoms with Gasteiger partial charge in [-0.05, 0) is 17.7 Å². The van der Waals surface area contributed by atoms with Crippen molar-refractivity contribution in [1.82, 2.24) is 4.98 Å². The summed E-state index contributed by atoms with van der Waals surface area (Å²) in [6, 6.07) is 17.0. The Balaban J connectivity index is 1.59. The standard InChI is InChI=1S/C19H17N3O2S/c1-13(23)20-16-9-7-14(8-10-16)11-18(24)22-19-21-17(12-25-19)15-5-3-2-4-6-15/h2-10,12H,11H2,1H3,(H,20,23)(H,21,22,24). The summed E-state index contributed by atoms with van der Waals surface area (Å²) in [5.41, 5.74) is 3.45. The van der Waals surface area contributed by atoms with Gasteiger partial charge in [0.05, 0.1) is 12.1 Å².